The van der Waals surface area contributed by atoms with Crippen LogP contribution in [-0.2, 0) is 18.3 Å². The predicted octanol–water partition coefficient (Wildman–Crippen LogP) is 1.97. The molecule has 2 N–H and O–H groups in total. The van der Waals surface area contributed by atoms with E-state index in [1.807, 2.05) is 31.6 Å². The molecule has 1 aromatic heterocycles. The quantitative estimate of drug-likeness (QED) is 0.842. The van der Waals surface area contributed by atoms with Crippen molar-refractivity contribution in [2.45, 2.75) is 44.3 Å². The van der Waals surface area contributed by atoms with Gasteiger partial charge in [0.15, 0.2) is 0 Å². The number of benzene rings is 1. The number of methoxy groups -OCH3 is 1. The molecule has 0 aliphatic carbocycles. The monoisotopic (exact) mass is 342 g/mol. The molecule has 2 aromatic rings. The van der Waals surface area contributed by atoms with Crippen LogP contribution in [0.25, 0.3) is 0 Å². The lowest BCUT2D eigenvalue weighted by molar-refractivity contribution is -0.124. The number of carbonyl (C=O) groups excluding carboxylic acids is 1. The number of piperidine rings is 1. The number of hydrogen-bond acceptors (Lipinski definition) is 4. The number of ether oxygens (including phenoxy) is 1. The van der Waals surface area contributed by atoms with Crippen LogP contribution < -0.4 is 15.4 Å². The van der Waals surface area contributed by atoms with Crippen molar-refractivity contribution >= 4 is 5.91 Å². The van der Waals surface area contributed by atoms with Crippen LogP contribution in [0.5, 0.6) is 5.75 Å². The summed E-state index contributed by atoms with van der Waals surface area (Å²) in [5.74, 6) is 0.978. The molecule has 1 fully saturated rings. The maximum atomic E-state index is 11.9. The van der Waals surface area contributed by atoms with Crippen LogP contribution in [-0.4, -0.2) is 34.9 Å². The van der Waals surface area contributed by atoms with Crippen molar-refractivity contribution in [1.29, 1.82) is 0 Å². The Balaban J connectivity index is 1.65. The fraction of sp³-hybridized carbons (Fsp3) is 0.474. The van der Waals surface area contributed by atoms with Gasteiger partial charge in [-0.1, -0.05) is 12.1 Å². The minimum absolute atomic E-state index is 0.0340. The van der Waals surface area contributed by atoms with Gasteiger partial charge in [0.2, 0.25) is 5.91 Å². The molecule has 1 saturated heterocycles. The van der Waals surface area contributed by atoms with Gasteiger partial charge >= 0.3 is 0 Å². The lowest BCUT2D eigenvalue weighted by Crippen LogP contribution is -2.51. The Morgan fingerprint density at radius 3 is 2.80 bits per heavy atom. The summed E-state index contributed by atoms with van der Waals surface area (Å²) in [7, 11) is 3.57. The van der Waals surface area contributed by atoms with Crippen LogP contribution in [0.4, 0.5) is 0 Å². The molecule has 6 nitrogen and oxygen atoms in total. The highest BCUT2D eigenvalue weighted by Crippen LogP contribution is 2.24. The van der Waals surface area contributed by atoms with Gasteiger partial charge in [0.05, 0.1) is 19.3 Å². The van der Waals surface area contributed by atoms with Crippen molar-refractivity contribution in [3.8, 4) is 5.75 Å². The van der Waals surface area contributed by atoms with E-state index in [2.05, 4.69) is 34.8 Å². The zero-order valence-electron chi connectivity index (χ0n) is 15.0. The summed E-state index contributed by atoms with van der Waals surface area (Å²) in [6.45, 7) is 2.18. The summed E-state index contributed by atoms with van der Waals surface area (Å²) < 4.78 is 6.98. The fourth-order valence-electron chi connectivity index (χ4n) is 3.43. The first-order chi connectivity index (χ1) is 12.0. The van der Waals surface area contributed by atoms with Crippen molar-refractivity contribution in [1.82, 2.24) is 20.4 Å². The van der Waals surface area contributed by atoms with Crippen molar-refractivity contribution in [3.05, 3.63) is 47.8 Å². The van der Waals surface area contributed by atoms with E-state index in [0.717, 1.165) is 24.2 Å². The first-order valence-corrected chi connectivity index (χ1v) is 8.72. The second kappa shape index (κ2) is 7.70. The Hall–Kier alpha value is -2.34. The third-order valence-electron chi connectivity index (χ3n) is 4.68. The van der Waals surface area contributed by atoms with Gasteiger partial charge < -0.3 is 15.4 Å². The van der Waals surface area contributed by atoms with Gasteiger partial charge in [-0.05, 0) is 37.5 Å². The topological polar surface area (TPSA) is 68.2 Å². The molecule has 1 amide bonds. The van der Waals surface area contributed by atoms with Crippen LogP contribution in [0.1, 0.15) is 36.9 Å². The van der Waals surface area contributed by atoms with E-state index in [1.165, 1.54) is 5.56 Å². The van der Waals surface area contributed by atoms with Gasteiger partial charge in [-0.3, -0.25) is 9.48 Å². The summed E-state index contributed by atoms with van der Waals surface area (Å²) in [6.07, 6.45) is 6.12. The number of nitrogens with zero attached hydrogens (tertiary/aromatic N) is 2. The second-order valence-electron chi connectivity index (χ2n) is 6.76. The van der Waals surface area contributed by atoms with E-state index in [-0.39, 0.29) is 18.0 Å². The molecule has 1 aromatic carbocycles. The zero-order valence-corrected chi connectivity index (χ0v) is 15.0. The molecule has 0 bridgehead atoms. The predicted molar refractivity (Wildman–Crippen MR) is 96.4 cm³/mol. The van der Waals surface area contributed by atoms with Gasteiger partial charge in [0.1, 0.15) is 5.75 Å². The molecule has 134 valence electrons. The van der Waals surface area contributed by atoms with Crippen LogP contribution in [0.2, 0.25) is 0 Å². The maximum Gasteiger partial charge on any atom is 0.220 e. The van der Waals surface area contributed by atoms with Gasteiger partial charge in [-0.25, -0.2) is 0 Å². The summed E-state index contributed by atoms with van der Waals surface area (Å²) in [5, 5.41) is 11.0. The highest BCUT2D eigenvalue weighted by atomic mass is 16.5. The van der Waals surface area contributed by atoms with Crippen LogP contribution in [0.15, 0.2) is 36.7 Å². The number of carbonyl (C=O) groups is 1. The number of rotatable bonds is 6. The van der Waals surface area contributed by atoms with E-state index < -0.39 is 0 Å². The summed E-state index contributed by atoms with van der Waals surface area (Å²) >= 11 is 0. The van der Waals surface area contributed by atoms with Crippen LogP contribution in [0, 0.1) is 0 Å². The highest BCUT2D eigenvalue weighted by molar-refractivity contribution is 5.77. The SMILES string of the molecule is COc1ccc(C[C@@H](C)N[C@@H]2CCC(=O)N[C@H]2c2cnn(C)c2)cc1. The lowest BCUT2D eigenvalue weighted by atomic mass is 9.92. The van der Waals surface area contributed by atoms with Gasteiger partial charge in [0, 0.05) is 37.3 Å². The zero-order chi connectivity index (χ0) is 17.8. The molecule has 0 saturated carbocycles. The molecular weight excluding hydrogens is 316 g/mol. The molecule has 25 heavy (non-hydrogen) atoms. The summed E-state index contributed by atoms with van der Waals surface area (Å²) in [4.78, 5) is 11.9. The third kappa shape index (κ3) is 4.39. The Labute approximate surface area is 148 Å². The second-order valence-corrected chi connectivity index (χ2v) is 6.76. The van der Waals surface area contributed by atoms with E-state index in [0.29, 0.717) is 12.5 Å². The van der Waals surface area contributed by atoms with Crippen molar-refractivity contribution < 1.29 is 9.53 Å². The Bertz CT molecular complexity index is 710. The molecule has 6 heteroatoms. The normalized spacial score (nSPS) is 21.6. The lowest BCUT2D eigenvalue weighted by Gasteiger charge is -2.34. The molecule has 3 atom stereocenters. The smallest absolute Gasteiger partial charge is 0.220 e. The van der Waals surface area contributed by atoms with Gasteiger partial charge in [0.25, 0.3) is 0 Å². The van der Waals surface area contributed by atoms with E-state index in [1.54, 1.807) is 11.8 Å². The molecule has 2 heterocycles. The summed E-state index contributed by atoms with van der Waals surface area (Å²) in [6, 6.07) is 8.63. The van der Waals surface area contributed by atoms with Crippen LogP contribution in [0.3, 0.4) is 0 Å². The molecule has 1 aliphatic heterocycles. The molecular formula is C19H26N4O2. The number of aryl methyl sites for hydroxylation is 1. The molecule has 0 spiro atoms. The Morgan fingerprint density at radius 2 is 2.16 bits per heavy atom. The third-order valence-corrected chi connectivity index (χ3v) is 4.68. The van der Waals surface area contributed by atoms with E-state index in [9.17, 15) is 4.79 Å². The summed E-state index contributed by atoms with van der Waals surface area (Å²) in [5.41, 5.74) is 2.31. The Morgan fingerprint density at radius 1 is 1.40 bits per heavy atom. The average Bonchev–Trinajstić information content (AvgIpc) is 3.03. The van der Waals surface area contributed by atoms with Gasteiger partial charge in [-0.2, -0.15) is 5.10 Å². The molecule has 0 unspecified atom stereocenters. The maximum absolute atomic E-state index is 11.9. The van der Waals surface area contributed by atoms with E-state index in [4.69, 9.17) is 4.74 Å². The number of nitrogens with one attached hydrogen (secondary N) is 2. The van der Waals surface area contributed by atoms with Crippen molar-refractivity contribution in [3.63, 3.8) is 0 Å². The van der Waals surface area contributed by atoms with Gasteiger partial charge in [-0.15, -0.1) is 0 Å². The number of amides is 1. The number of aromatic nitrogens is 2. The van der Waals surface area contributed by atoms with Crippen molar-refractivity contribution in [2.24, 2.45) is 7.05 Å². The minimum atomic E-state index is -0.0340. The standard InChI is InChI=1S/C19H26N4O2/c1-13(10-14-4-6-16(25-3)7-5-14)21-17-8-9-18(24)22-19(17)15-11-20-23(2)12-15/h4-7,11-13,17,19,21H,8-10H2,1-3H3,(H,22,24)/t13-,17-,19+/m1/s1. The van der Waals surface area contributed by atoms with E-state index >= 15 is 0 Å². The molecule has 1 aliphatic rings. The first kappa shape index (κ1) is 17.5. The average molecular weight is 342 g/mol. The Kier molecular flexibility index (Phi) is 5.38. The molecule has 3 rings (SSSR count). The van der Waals surface area contributed by atoms with Crippen molar-refractivity contribution in [2.75, 3.05) is 7.11 Å². The largest absolute Gasteiger partial charge is 0.497 e. The highest BCUT2D eigenvalue weighted by Gasteiger charge is 2.31. The number of hydrogen-bond donors (Lipinski definition) is 2. The van der Waals surface area contributed by atoms with Crippen LogP contribution >= 0.6 is 0 Å². The molecule has 0 radical (unpaired) electrons. The fourth-order valence-corrected chi connectivity index (χ4v) is 3.43. The first-order valence-electron chi connectivity index (χ1n) is 8.72. The minimum Gasteiger partial charge on any atom is -0.497 e.